The van der Waals surface area contributed by atoms with Crippen molar-refractivity contribution < 1.29 is 13.9 Å². The van der Waals surface area contributed by atoms with Crippen molar-refractivity contribution >= 4 is 53.6 Å². The number of rotatable bonds is 4. The summed E-state index contributed by atoms with van der Waals surface area (Å²) in [6.45, 7) is 0. The molecule has 0 spiro atoms. The quantitative estimate of drug-likeness (QED) is 0.419. The zero-order chi connectivity index (χ0) is 15.6. The lowest BCUT2D eigenvalue weighted by Gasteiger charge is -2.09. The fourth-order valence-corrected chi connectivity index (χ4v) is 2.95. The Labute approximate surface area is 147 Å². The predicted molar refractivity (Wildman–Crippen MR) is 91.1 cm³/mol. The van der Waals surface area contributed by atoms with Gasteiger partial charge < -0.3 is 4.74 Å². The van der Waals surface area contributed by atoms with Gasteiger partial charge >= 0.3 is 0 Å². The third-order valence-electron chi connectivity index (χ3n) is 2.90. The summed E-state index contributed by atoms with van der Waals surface area (Å²) in [4.78, 5) is 12.5. The van der Waals surface area contributed by atoms with Gasteiger partial charge in [0.1, 0.15) is 0 Å². The third-order valence-corrected chi connectivity index (χ3v) is 4.62. The Morgan fingerprint density at radius 3 is 2.48 bits per heavy atom. The number of alkyl halides is 2. The van der Waals surface area contributed by atoms with E-state index in [1.807, 2.05) is 12.1 Å². The van der Waals surface area contributed by atoms with Gasteiger partial charge in [0.2, 0.25) is 0 Å². The molecule has 110 valence electrons. The van der Waals surface area contributed by atoms with E-state index in [1.165, 1.54) is 25.3 Å². The highest BCUT2D eigenvalue weighted by Crippen LogP contribution is 2.33. The Morgan fingerprint density at radius 1 is 1.19 bits per heavy atom. The third kappa shape index (κ3) is 3.73. The van der Waals surface area contributed by atoms with Crippen LogP contribution in [-0.2, 0) is 0 Å². The number of carbonyl (C=O) groups excluding carboxylic acids is 1. The van der Waals surface area contributed by atoms with Crippen molar-refractivity contribution in [2.75, 3.05) is 7.11 Å². The molecule has 2 rings (SSSR count). The average molecular weight is 481 g/mol. The minimum absolute atomic E-state index is 0.0105. The van der Waals surface area contributed by atoms with E-state index in [4.69, 9.17) is 4.74 Å². The molecule has 2 aromatic rings. The van der Waals surface area contributed by atoms with Crippen molar-refractivity contribution in [3.05, 3.63) is 63.4 Å². The molecule has 0 saturated carbocycles. The first-order valence-electron chi connectivity index (χ1n) is 5.90. The van der Waals surface area contributed by atoms with Gasteiger partial charge in [-0.05, 0) is 35.9 Å². The molecular formula is C15H10Br3FO2. The molecule has 0 saturated heterocycles. The molecule has 0 heterocycles. The molecule has 0 atom stereocenters. The summed E-state index contributed by atoms with van der Waals surface area (Å²) >= 11 is 10.2. The smallest absolute Gasteiger partial charge is 0.194 e. The SMILES string of the molecule is COc1cc(C(=O)c2ccc(C(Br)Br)cc2Br)ccc1F. The van der Waals surface area contributed by atoms with Gasteiger partial charge in [-0.1, -0.05) is 53.9 Å². The van der Waals surface area contributed by atoms with Gasteiger partial charge in [0.15, 0.2) is 17.3 Å². The lowest BCUT2D eigenvalue weighted by Crippen LogP contribution is -2.04. The predicted octanol–water partition coefficient (Wildman–Crippen LogP) is 5.62. The van der Waals surface area contributed by atoms with Crippen LogP contribution in [0, 0.1) is 5.82 Å². The molecule has 0 aliphatic rings. The van der Waals surface area contributed by atoms with Crippen molar-refractivity contribution in [3.63, 3.8) is 0 Å². The van der Waals surface area contributed by atoms with Gasteiger partial charge in [0, 0.05) is 15.6 Å². The summed E-state index contributed by atoms with van der Waals surface area (Å²) in [5.74, 6) is -0.646. The van der Waals surface area contributed by atoms with Crippen molar-refractivity contribution in [1.82, 2.24) is 0 Å². The number of ether oxygens (including phenoxy) is 1. The Morgan fingerprint density at radius 2 is 1.90 bits per heavy atom. The molecule has 0 unspecified atom stereocenters. The van der Waals surface area contributed by atoms with Crippen LogP contribution in [0.15, 0.2) is 40.9 Å². The minimum atomic E-state index is -0.495. The minimum Gasteiger partial charge on any atom is -0.494 e. The van der Waals surface area contributed by atoms with E-state index < -0.39 is 5.82 Å². The fourth-order valence-electron chi connectivity index (χ4n) is 1.81. The largest absolute Gasteiger partial charge is 0.494 e. The molecule has 0 aliphatic heterocycles. The standard InChI is InChI=1S/C15H10Br3FO2/c1-21-13-7-8(3-5-12(13)19)14(20)10-4-2-9(15(17)18)6-11(10)16/h2-7,15H,1H3. The van der Waals surface area contributed by atoms with E-state index in [2.05, 4.69) is 47.8 Å². The molecular weight excluding hydrogens is 471 g/mol. The van der Waals surface area contributed by atoms with Crippen molar-refractivity contribution in [2.24, 2.45) is 0 Å². The van der Waals surface area contributed by atoms with E-state index in [0.717, 1.165) is 5.56 Å². The molecule has 0 fully saturated rings. The van der Waals surface area contributed by atoms with Crippen LogP contribution in [0.25, 0.3) is 0 Å². The van der Waals surface area contributed by atoms with Crippen LogP contribution in [-0.4, -0.2) is 12.9 Å². The molecule has 6 heteroatoms. The van der Waals surface area contributed by atoms with Crippen LogP contribution in [0.1, 0.15) is 25.2 Å². The van der Waals surface area contributed by atoms with Gasteiger partial charge in [0.05, 0.1) is 10.8 Å². The van der Waals surface area contributed by atoms with Crippen molar-refractivity contribution in [1.29, 1.82) is 0 Å². The topological polar surface area (TPSA) is 26.3 Å². The van der Waals surface area contributed by atoms with Gasteiger partial charge in [-0.15, -0.1) is 0 Å². The fraction of sp³-hybridized carbons (Fsp3) is 0.133. The van der Waals surface area contributed by atoms with Crippen LogP contribution in [0.2, 0.25) is 0 Å². The molecule has 0 N–H and O–H groups in total. The molecule has 0 bridgehead atoms. The number of hydrogen-bond acceptors (Lipinski definition) is 2. The summed E-state index contributed by atoms with van der Waals surface area (Å²) in [5, 5.41) is 0. The average Bonchev–Trinajstić information content (AvgIpc) is 2.46. The van der Waals surface area contributed by atoms with E-state index in [0.29, 0.717) is 15.6 Å². The van der Waals surface area contributed by atoms with Crippen LogP contribution >= 0.6 is 47.8 Å². The lowest BCUT2D eigenvalue weighted by atomic mass is 10.0. The molecule has 2 nitrogen and oxygen atoms in total. The number of hydrogen-bond donors (Lipinski definition) is 0. The second-order valence-corrected chi connectivity index (χ2v) is 8.13. The number of ketones is 1. The number of halogens is 4. The molecule has 0 aliphatic carbocycles. The van der Waals surface area contributed by atoms with Gasteiger partial charge in [0.25, 0.3) is 0 Å². The maximum atomic E-state index is 13.4. The first-order chi connectivity index (χ1) is 9.93. The second kappa shape index (κ2) is 7.03. The highest BCUT2D eigenvalue weighted by molar-refractivity contribution is 9.24. The van der Waals surface area contributed by atoms with E-state index in [-0.39, 0.29) is 15.3 Å². The summed E-state index contributed by atoms with van der Waals surface area (Å²) < 4.78 is 19.0. The Kier molecular flexibility index (Phi) is 5.57. The van der Waals surface area contributed by atoms with E-state index in [1.54, 1.807) is 6.07 Å². The number of carbonyl (C=O) groups is 1. The van der Waals surface area contributed by atoms with Gasteiger partial charge in [-0.25, -0.2) is 4.39 Å². The van der Waals surface area contributed by atoms with E-state index >= 15 is 0 Å². The Bertz CT molecular complexity index is 687. The normalized spacial score (nSPS) is 10.8. The summed E-state index contributed by atoms with van der Waals surface area (Å²) in [5.41, 5.74) is 1.86. The summed E-state index contributed by atoms with van der Waals surface area (Å²) in [6.07, 6.45) is 0. The van der Waals surface area contributed by atoms with Crippen LogP contribution in [0.4, 0.5) is 4.39 Å². The maximum Gasteiger partial charge on any atom is 0.194 e. The monoisotopic (exact) mass is 478 g/mol. The van der Waals surface area contributed by atoms with Crippen LogP contribution < -0.4 is 4.74 Å². The van der Waals surface area contributed by atoms with E-state index in [9.17, 15) is 9.18 Å². The zero-order valence-electron chi connectivity index (χ0n) is 10.9. The second-order valence-electron chi connectivity index (χ2n) is 4.22. The highest BCUT2D eigenvalue weighted by Gasteiger charge is 2.16. The van der Waals surface area contributed by atoms with Crippen LogP contribution in [0.5, 0.6) is 5.75 Å². The molecule has 2 aromatic carbocycles. The zero-order valence-corrected chi connectivity index (χ0v) is 15.6. The maximum absolute atomic E-state index is 13.4. The van der Waals surface area contributed by atoms with Gasteiger partial charge in [-0.2, -0.15) is 0 Å². The summed E-state index contributed by atoms with van der Waals surface area (Å²) in [7, 11) is 1.36. The molecule has 0 aromatic heterocycles. The lowest BCUT2D eigenvalue weighted by molar-refractivity contribution is 0.103. The van der Waals surface area contributed by atoms with Gasteiger partial charge in [-0.3, -0.25) is 4.79 Å². The Hall–Kier alpha value is -0.720. The molecule has 0 radical (unpaired) electrons. The first-order valence-corrected chi connectivity index (χ1v) is 8.52. The first kappa shape index (κ1) is 16.6. The van der Waals surface area contributed by atoms with Crippen molar-refractivity contribution in [3.8, 4) is 5.75 Å². The molecule has 0 amide bonds. The molecule has 21 heavy (non-hydrogen) atoms. The van der Waals surface area contributed by atoms with Crippen molar-refractivity contribution in [2.45, 2.75) is 3.74 Å². The van der Waals surface area contributed by atoms with Crippen LogP contribution in [0.3, 0.4) is 0 Å². The number of benzene rings is 2. The highest BCUT2D eigenvalue weighted by atomic mass is 79.9. The Balaban J connectivity index is 2.40. The summed E-state index contributed by atoms with van der Waals surface area (Å²) in [6, 6.07) is 9.48. The number of methoxy groups -OCH3 is 1.